The van der Waals surface area contributed by atoms with E-state index in [1.807, 2.05) is 4.72 Å². The molecule has 0 aliphatic carbocycles. The summed E-state index contributed by atoms with van der Waals surface area (Å²) in [4.78, 5) is 21.0. The lowest BCUT2D eigenvalue weighted by atomic mass is 10.0. The molecule has 24 heavy (non-hydrogen) atoms. The van der Waals surface area contributed by atoms with Crippen molar-refractivity contribution in [2.45, 2.75) is 29.3 Å². The van der Waals surface area contributed by atoms with Crippen LogP contribution in [0.5, 0.6) is 0 Å². The van der Waals surface area contributed by atoms with Crippen LogP contribution in [0.1, 0.15) is 10.4 Å². The van der Waals surface area contributed by atoms with E-state index in [0.717, 1.165) is 0 Å². The molecule has 6 N–H and O–H groups in total. The van der Waals surface area contributed by atoms with Gasteiger partial charge in [-0.05, 0) is 12.1 Å². The van der Waals surface area contributed by atoms with Gasteiger partial charge < -0.3 is 30.3 Å². The molecule has 1 aliphatic rings. The first-order valence-electron chi connectivity index (χ1n) is 6.60. The van der Waals surface area contributed by atoms with E-state index in [4.69, 9.17) is 25.5 Å². The number of sulfonamides is 1. The normalized spacial score (nSPS) is 19.8. The summed E-state index contributed by atoms with van der Waals surface area (Å²) < 4.78 is 24.2. The van der Waals surface area contributed by atoms with Crippen LogP contribution in [0.3, 0.4) is 0 Å². The summed E-state index contributed by atoms with van der Waals surface area (Å²) in [6.07, 6.45) is -6.84. The van der Waals surface area contributed by atoms with Gasteiger partial charge in [0.15, 0.2) is 6.29 Å². The largest absolute Gasteiger partial charge is 0.394 e. The summed E-state index contributed by atoms with van der Waals surface area (Å²) in [6.45, 7) is -0.760. The fraction of sp³-hybridized carbons (Fsp3) is 0.385. The number of nitrogens with one attached hydrogen (secondary N) is 1. The number of aliphatic hydroxyl groups excluding tert-OH is 5. The first kappa shape index (κ1) is 20.2. The summed E-state index contributed by atoms with van der Waals surface area (Å²) in [5.41, 5.74) is 0.220. The second kappa shape index (κ2) is 8.28. The van der Waals surface area contributed by atoms with Gasteiger partial charge in [-0.2, -0.15) is 0 Å². The predicted molar refractivity (Wildman–Crippen MR) is 78.3 cm³/mol. The molecule has 0 bridgehead atoms. The molecule has 0 saturated carbocycles. The van der Waals surface area contributed by atoms with Crippen molar-refractivity contribution in [3.63, 3.8) is 0 Å². The molecule has 11 heteroatoms. The van der Waals surface area contributed by atoms with Crippen molar-refractivity contribution in [2.24, 2.45) is 0 Å². The van der Waals surface area contributed by atoms with Crippen molar-refractivity contribution in [1.82, 2.24) is 4.72 Å². The quantitative estimate of drug-likeness (QED) is 0.292. The highest BCUT2D eigenvalue weighted by atomic mass is 32.2. The minimum absolute atomic E-state index is 0.0258. The highest BCUT2D eigenvalue weighted by Gasteiger charge is 2.31. The molecule has 0 fully saturated rings. The number of carbonyl (C=O) groups excluding carboxylic acids is 2. The summed E-state index contributed by atoms with van der Waals surface area (Å²) in [7, 11) is -3.55. The minimum Gasteiger partial charge on any atom is -0.394 e. The SMILES string of the molecule is O=C1NS(=O)(=O)c2ccccc21.O=C[C@@H](O)[C@@H](O)[C@@H](O)[C@H](O)CO. The van der Waals surface area contributed by atoms with Crippen molar-refractivity contribution < 1.29 is 43.5 Å². The Hall–Kier alpha value is -1.89. The van der Waals surface area contributed by atoms with Crippen LogP contribution in [0, 0.1) is 0 Å². The lowest BCUT2D eigenvalue weighted by Gasteiger charge is -2.22. The standard InChI is InChI=1S/C7H5NO3S.C6H12O6/c9-7-5-3-1-2-4-6(5)12(10,11)8-7;7-1-3(9)5(11)6(12)4(10)2-8/h1-4H,(H,8,9);1,3-6,8-12H,2H2/t;3-,4-,5-,6+/m.1/s1. The molecular formula is C13H17NO9S. The van der Waals surface area contributed by atoms with Crippen molar-refractivity contribution in [2.75, 3.05) is 6.61 Å². The Balaban J connectivity index is 0.000000240. The second-order valence-electron chi connectivity index (χ2n) is 4.79. The maximum atomic E-state index is 11.1. The van der Waals surface area contributed by atoms with Crippen molar-refractivity contribution >= 4 is 22.2 Å². The molecule has 1 amide bonds. The molecule has 0 unspecified atom stereocenters. The number of aldehydes is 1. The van der Waals surface area contributed by atoms with Crippen LogP contribution < -0.4 is 4.72 Å². The fourth-order valence-electron chi connectivity index (χ4n) is 1.74. The Morgan fingerprint density at radius 2 is 1.67 bits per heavy atom. The van der Waals surface area contributed by atoms with E-state index >= 15 is 0 Å². The highest BCUT2D eigenvalue weighted by Crippen LogP contribution is 2.20. The van der Waals surface area contributed by atoms with Crippen LogP contribution in [0.25, 0.3) is 0 Å². The number of fused-ring (bicyclic) bond motifs is 1. The molecule has 0 saturated heterocycles. The van der Waals surface area contributed by atoms with Gasteiger partial charge in [-0.1, -0.05) is 12.1 Å². The zero-order chi connectivity index (χ0) is 18.5. The molecule has 0 aromatic heterocycles. The molecule has 1 aromatic rings. The van der Waals surface area contributed by atoms with Crippen LogP contribution in [0.2, 0.25) is 0 Å². The van der Waals surface area contributed by atoms with Crippen LogP contribution in [0.15, 0.2) is 29.2 Å². The Labute approximate surface area is 137 Å². The average molecular weight is 363 g/mol. The highest BCUT2D eigenvalue weighted by molar-refractivity contribution is 7.90. The summed E-state index contributed by atoms with van der Waals surface area (Å²) in [6, 6.07) is 6.09. The predicted octanol–water partition coefficient (Wildman–Crippen LogP) is -3.26. The molecule has 1 aliphatic heterocycles. The second-order valence-corrected chi connectivity index (χ2v) is 6.44. The topological polar surface area (TPSA) is 181 Å². The summed E-state index contributed by atoms with van der Waals surface area (Å²) in [5.74, 6) is -0.550. The Morgan fingerprint density at radius 1 is 1.08 bits per heavy atom. The van der Waals surface area contributed by atoms with Crippen LogP contribution in [-0.4, -0.2) is 77.2 Å². The van der Waals surface area contributed by atoms with E-state index in [2.05, 4.69) is 0 Å². The van der Waals surface area contributed by atoms with E-state index in [1.165, 1.54) is 12.1 Å². The van der Waals surface area contributed by atoms with Gasteiger partial charge in [0.05, 0.1) is 12.2 Å². The van der Waals surface area contributed by atoms with Crippen LogP contribution >= 0.6 is 0 Å². The molecular weight excluding hydrogens is 346 g/mol. The maximum absolute atomic E-state index is 11.1. The first-order chi connectivity index (χ1) is 11.2. The molecule has 2 rings (SSSR count). The lowest BCUT2D eigenvalue weighted by molar-refractivity contribution is -0.136. The van der Waals surface area contributed by atoms with Gasteiger partial charge >= 0.3 is 0 Å². The van der Waals surface area contributed by atoms with Gasteiger partial charge in [0.2, 0.25) is 0 Å². The monoisotopic (exact) mass is 363 g/mol. The van der Waals surface area contributed by atoms with E-state index in [1.54, 1.807) is 12.1 Å². The average Bonchev–Trinajstić information content (AvgIpc) is 2.82. The molecule has 4 atom stereocenters. The minimum atomic E-state index is -3.55. The van der Waals surface area contributed by atoms with Gasteiger partial charge in [-0.25, -0.2) is 13.1 Å². The number of hydrogen-bond acceptors (Lipinski definition) is 9. The third-order valence-corrected chi connectivity index (χ3v) is 4.46. The van der Waals surface area contributed by atoms with Gasteiger partial charge in [-0.3, -0.25) is 4.79 Å². The lowest BCUT2D eigenvalue weighted by Crippen LogP contribution is -2.46. The number of hydrogen-bond donors (Lipinski definition) is 6. The van der Waals surface area contributed by atoms with E-state index < -0.39 is 47.0 Å². The fourth-order valence-corrected chi connectivity index (χ4v) is 2.91. The zero-order valence-corrected chi connectivity index (χ0v) is 13.0. The maximum Gasteiger partial charge on any atom is 0.266 e. The van der Waals surface area contributed by atoms with Gasteiger partial charge in [0, 0.05) is 0 Å². The molecule has 1 aromatic carbocycles. The molecule has 10 nitrogen and oxygen atoms in total. The Kier molecular flexibility index (Phi) is 6.95. The van der Waals surface area contributed by atoms with Crippen molar-refractivity contribution in [3.8, 4) is 0 Å². The van der Waals surface area contributed by atoms with Gasteiger partial charge in [0.1, 0.15) is 29.3 Å². The molecule has 0 radical (unpaired) electrons. The molecule has 0 spiro atoms. The third-order valence-electron chi connectivity index (χ3n) is 3.07. The Bertz CT molecular complexity index is 690. The molecule has 134 valence electrons. The molecule has 1 heterocycles. The summed E-state index contributed by atoms with van der Waals surface area (Å²) >= 11 is 0. The van der Waals surface area contributed by atoms with E-state index in [9.17, 15) is 18.0 Å². The number of rotatable bonds is 5. The first-order valence-corrected chi connectivity index (χ1v) is 8.08. The van der Waals surface area contributed by atoms with Gasteiger partial charge in [-0.15, -0.1) is 0 Å². The third kappa shape index (κ3) is 4.56. The zero-order valence-electron chi connectivity index (χ0n) is 12.2. The number of amides is 1. The van der Waals surface area contributed by atoms with Crippen molar-refractivity contribution in [1.29, 1.82) is 0 Å². The Morgan fingerprint density at radius 3 is 2.17 bits per heavy atom. The smallest absolute Gasteiger partial charge is 0.266 e. The van der Waals surface area contributed by atoms with Crippen LogP contribution in [-0.2, 0) is 14.8 Å². The number of aliphatic hydroxyl groups is 5. The van der Waals surface area contributed by atoms with E-state index in [0.29, 0.717) is 0 Å². The summed E-state index contributed by atoms with van der Waals surface area (Å²) in [5, 5.41) is 43.5. The number of carbonyl (C=O) groups is 2. The van der Waals surface area contributed by atoms with Crippen LogP contribution in [0.4, 0.5) is 0 Å². The van der Waals surface area contributed by atoms with E-state index in [-0.39, 0.29) is 16.7 Å². The van der Waals surface area contributed by atoms with Gasteiger partial charge in [0.25, 0.3) is 15.9 Å². The number of benzene rings is 1. The van der Waals surface area contributed by atoms with Crippen molar-refractivity contribution in [3.05, 3.63) is 29.8 Å².